The second-order valence-electron chi connectivity index (χ2n) is 5.46. The van der Waals surface area contributed by atoms with Gasteiger partial charge in [-0.3, -0.25) is 0 Å². The van der Waals surface area contributed by atoms with Crippen molar-refractivity contribution in [1.29, 1.82) is 0 Å². The van der Waals surface area contributed by atoms with Crippen molar-refractivity contribution in [3.05, 3.63) is 28.3 Å². The van der Waals surface area contributed by atoms with Crippen LogP contribution in [0.25, 0.3) is 10.6 Å². The maximum atomic E-state index is 5.73. The fourth-order valence-electron chi connectivity index (χ4n) is 2.90. The van der Waals surface area contributed by atoms with E-state index in [2.05, 4.69) is 17.0 Å². The molecule has 2 aromatic heterocycles. The van der Waals surface area contributed by atoms with Gasteiger partial charge in [-0.15, -0.1) is 11.3 Å². The minimum absolute atomic E-state index is 0.608. The van der Waals surface area contributed by atoms with Crippen LogP contribution >= 0.6 is 11.3 Å². The highest BCUT2D eigenvalue weighted by molar-refractivity contribution is 7.15. The Kier molecular flexibility index (Phi) is 2.97. The van der Waals surface area contributed by atoms with Crippen molar-refractivity contribution in [3.8, 4) is 10.6 Å². The molecule has 0 saturated carbocycles. The number of anilines is 1. The highest BCUT2D eigenvalue weighted by Crippen LogP contribution is 2.35. The molecule has 20 heavy (non-hydrogen) atoms. The van der Waals surface area contributed by atoms with Gasteiger partial charge in [0.05, 0.1) is 10.6 Å². The number of rotatable bonds is 3. The molecule has 1 fully saturated rings. The molecule has 0 spiro atoms. The van der Waals surface area contributed by atoms with Crippen LogP contribution in [-0.4, -0.2) is 23.1 Å². The molecular formula is C15H18N4S. The van der Waals surface area contributed by atoms with Gasteiger partial charge >= 0.3 is 0 Å². The zero-order valence-corrected chi connectivity index (χ0v) is 12.2. The number of hydrogen-bond donors (Lipinski definition) is 1. The lowest BCUT2D eigenvalue weighted by molar-refractivity contribution is 0.599. The van der Waals surface area contributed by atoms with Crippen LogP contribution in [-0.2, 0) is 19.4 Å². The Morgan fingerprint density at radius 1 is 1.15 bits per heavy atom. The summed E-state index contributed by atoms with van der Waals surface area (Å²) in [6.07, 6.45) is 4.67. The molecule has 2 N–H and O–H groups in total. The van der Waals surface area contributed by atoms with Crippen LogP contribution in [0.4, 0.5) is 5.95 Å². The van der Waals surface area contributed by atoms with E-state index in [0.717, 1.165) is 37.6 Å². The van der Waals surface area contributed by atoms with Crippen molar-refractivity contribution in [2.24, 2.45) is 5.73 Å². The molecule has 5 heteroatoms. The highest BCUT2D eigenvalue weighted by atomic mass is 32.1. The van der Waals surface area contributed by atoms with Crippen molar-refractivity contribution in [2.45, 2.75) is 32.2 Å². The Balaban J connectivity index is 1.82. The van der Waals surface area contributed by atoms with Gasteiger partial charge in [-0.05, 0) is 37.8 Å². The third-order valence-corrected chi connectivity index (χ3v) is 5.27. The number of aryl methyl sites for hydroxylation is 1. The fourth-order valence-corrected chi connectivity index (χ4v) is 3.80. The Bertz CT molecular complexity index is 645. The van der Waals surface area contributed by atoms with Crippen molar-refractivity contribution in [1.82, 2.24) is 9.97 Å². The second kappa shape index (κ2) is 4.82. The summed E-state index contributed by atoms with van der Waals surface area (Å²) in [4.78, 5) is 14.4. The van der Waals surface area contributed by atoms with E-state index in [-0.39, 0.29) is 0 Å². The molecule has 1 aliphatic carbocycles. The predicted octanol–water partition coefficient (Wildman–Crippen LogP) is 2.36. The zero-order valence-electron chi connectivity index (χ0n) is 11.4. The van der Waals surface area contributed by atoms with Crippen LogP contribution in [0, 0.1) is 0 Å². The first kappa shape index (κ1) is 12.3. The minimum atomic E-state index is 0.608. The maximum absolute atomic E-state index is 5.73. The van der Waals surface area contributed by atoms with E-state index in [4.69, 9.17) is 15.7 Å². The van der Waals surface area contributed by atoms with E-state index >= 15 is 0 Å². The summed E-state index contributed by atoms with van der Waals surface area (Å²) in [6.45, 7) is 2.80. The molecule has 0 bridgehead atoms. The van der Waals surface area contributed by atoms with E-state index in [0.29, 0.717) is 6.54 Å². The van der Waals surface area contributed by atoms with Gasteiger partial charge < -0.3 is 10.6 Å². The predicted molar refractivity (Wildman–Crippen MR) is 82.1 cm³/mol. The summed E-state index contributed by atoms with van der Waals surface area (Å²) in [7, 11) is 0. The molecule has 0 atom stereocenters. The summed E-state index contributed by atoms with van der Waals surface area (Å²) in [5.41, 5.74) is 9.51. The smallest absolute Gasteiger partial charge is 0.226 e. The number of nitrogens with two attached hydrogens (primary N) is 1. The standard InChI is InChI=1S/C15H18N4S/c16-9-10-5-6-13(20-10)14-11-3-1-4-12(11)17-15(18-14)19-7-2-8-19/h5-6H,1-4,7-9,16H2. The Morgan fingerprint density at radius 3 is 2.75 bits per heavy atom. The normalized spacial score (nSPS) is 17.1. The molecule has 1 aliphatic heterocycles. The summed E-state index contributed by atoms with van der Waals surface area (Å²) in [5.74, 6) is 0.926. The second-order valence-corrected chi connectivity index (χ2v) is 6.63. The van der Waals surface area contributed by atoms with Gasteiger partial charge in [0.15, 0.2) is 0 Å². The largest absolute Gasteiger partial charge is 0.341 e. The van der Waals surface area contributed by atoms with Gasteiger partial charge in [0.25, 0.3) is 0 Å². The first-order valence-electron chi connectivity index (χ1n) is 7.29. The molecule has 0 radical (unpaired) electrons. The molecule has 2 aromatic rings. The van der Waals surface area contributed by atoms with Crippen LogP contribution in [0.5, 0.6) is 0 Å². The van der Waals surface area contributed by atoms with Crippen molar-refractivity contribution in [2.75, 3.05) is 18.0 Å². The first-order valence-corrected chi connectivity index (χ1v) is 8.10. The third kappa shape index (κ3) is 1.93. The number of fused-ring (bicyclic) bond motifs is 1. The van der Waals surface area contributed by atoms with E-state index in [1.165, 1.54) is 33.9 Å². The molecule has 2 aliphatic rings. The van der Waals surface area contributed by atoms with Gasteiger partial charge in [-0.2, -0.15) is 0 Å². The van der Waals surface area contributed by atoms with Crippen LogP contribution in [0.1, 0.15) is 29.0 Å². The number of nitrogens with zero attached hydrogens (tertiary/aromatic N) is 3. The minimum Gasteiger partial charge on any atom is -0.341 e. The maximum Gasteiger partial charge on any atom is 0.226 e. The summed E-state index contributed by atoms with van der Waals surface area (Å²) >= 11 is 1.76. The van der Waals surface area contributed by atoms with Gasteiger partial charge in [0.1, 0.15) is 0 Å². The molecule has 4 nitrogen and oxygen atoms in total. The third-order valence-electron chi connectivity index (χ3n) is 4.16. The van der Waals surface area contributed by atoms with Gasteiger partial charge in [-0.1, -0.05) is 0 Å². The first-order chi connectivity index (χ1) is 9.85. The lowest BCUT2D eigenvalue weighted by Gasteiger charge is -2.31. The molecular weight excluding hydrogens is 268 g/mol. The Labute approximate surface area is 122 Å². The molecule has 0 aromatic carbocycles. The monoisotopic (exact) mass is 286 g/mol. The van der Waals surface area contributed by atoms with E-state index in [1.54, 1.807) is 11.3 Å². The van der Waals surface area contributed by atoms with Gasteiger partial charge in [0.2, 0.25) is 5.95 Å². The van der Waals surface area contributed by atoms with Crippen LogP contribution in [0.3, 0.4) is 0 Å². The van der Waals surface area contributed by atoms with Gasteiger partial charge in [0, 0.05) is 35.8 Å². The fraction of sp³-hybridized carbons (Fsp3) is 0.467. The Morgan fingerprint density at radius 2 is 2.05 bits per heavy atom. The molecule has 0 unspecified atom stereocenters. The average molecular weight is 286 g/mol. The lowest BCUT2D eigenvalue weighted by Crippen LogP contribution is -2.38. The number of thiophene rings is 1. The van der Waals surface area contributed by atoms with E-state index < -0.39 is 0 Å². The lowest BCUT2D eigenvalue weighted by atomic mass is 10.1. The van der Waals surface area contributed by atoms with Crippen molar-refractivity contribution < 1.29 is 0 Å². The summed E-state index contributed by atoms with van der Waals surface area (Å²) in [6, 6.07) is 4.28. The molecule has 0 amide bonds. The number of hydrogen-bond acceptors (Lipinski definition) is 5. The van der Waals surface area contributed by atoms with Crippen molar-refractivity contribution >= 4 is 17.3 Å². The Hall–Kier alpha value is -1.46. The molecule has 1 saturated heterocycles. The SMILES string of the molecule is NCc1ccc(-c2nc(N3CCC3)nc3c2CCC3)s1. The van der Waals surface area contributed by atoms with Crippen LogP contribution in [0.2, 0.25) is 0 Å². The molecule has 104 valence electrons. The quantitative estimate of drug-likeness (QED) is 0.941. The van der Waals surface area contributed by atoms with Crippen LogP contribution in [0.15, 0.2) is 12.1 Å². The average Bonchev–Trinajstić information content (AvgIpc) is 3.04. The highest BCUT2D eigenvalue weighted by Gasteiger charge is 2.25. The number of aromatic nitrogens is 2. The van der Waals surface area contributed by atoms with Crippen LogP contribution < -0.4 is 10.6 Å². The topological polar surface area (TPSA) is 55.0 Å². The van der Waals surface area contributed by atoms with E-state index in [1.807, 2.05) is 0 Å². The zero-order chi connectivity index (χ0) is 13.5. The molecule has 3 heterocycles. The summed E-state index contributed by atoms with van der Waals surface area (Å²) < 4.78 is 0. The summed E-state index contributed by atoms with van der Waals surface area (Å²) in [5, 5.41) is 0. The van der Waals surface area contributed by atoms with Gasteiger partial charge in [-0.25, -0.2) is 9.97 Å². The van der Waals surface area contributed by atoms with Crippen molar-refractivity contribution in [3.63, 3.8) is 0 Å². The van der Waals surface area contributed by atoms with E-state index in [9.17, 15) is 0 Å². The molecule has 4 rings (SSSR count).